The highest BCUT2D eigenvalue weighted by molar-refractivity contribution is 5.99. The fourth-order valence-electron chi connectivity index (χ4n) is 3.99. The number of urea groups is 1. The average Bonchev–Trinajstić information content (AvgIpc) is 3.37. The third kappa shape index (κ3) is 5.63. The van der Waals surface area contributed by atoms with Crippen LogP contribution in [0.3, 0.4) is 0 Å². The normalized spacial score (nSPS) is 11.2. The molecule has 2 amide bonds. The van der Waals surface area contributed by atoms with E-state index in [0.717, 1.165) is 11.4 Å². The Bertz CT molecular complexity index is 1660. The van der Waals surface area contributed by atoms with Gasteiger partial charge in [-0.3, -0.25) is 10.3 Å². The van der Waals surface area contributed by atoms with Gasteiger partial charge in [-0.05, 0) is 30.3 Å². The SMILES string of the molecule is COc1cc2ncnc(Oc3cccc(NC(=O)Nc4cc(C(C)(C)C)nn4-c4ccncc4)c3)c2cc1OC. The Kier molecular flexibility index (Phi) is 7.19. The Morgan fingerprint density at radius 3 is 2.38 bits per heavy atom. The minimum absolute atomic E-state index is 0.211. The number of hydrogen-bond donors (Lipinski definition) is 2. The van der Waals surface area contributed by atoms with Crippen LogP contribution in [0.5, 0.6) is 23.1 Å². The van der Waals surface area contributed by atoms with Gasteiger partial charge in [0.05, 0.1) is 36.5 Å². The highest BCUT2D eigenvalue weighted by Gasteiger charge is 2.22. The number of aromatic nitrogens is 5. The van der Waals surface area contributed by atoms with E-state index in [-0.39, 0.29) is 5.41 Å². The van der Waals surface area contributed by atoms with Crippen LogP contribution in [0, 0.1) is 0 Å². The lowest BCUT2D eigenvalue weighted by molar-refractivity contribution is 0.262. The summed E-state index contributed by atoms with van der Waals surface area (Å²) < 4.78 is 18.6. The smallest absolute Gasteiger partial charge is 0.324 e. The number of rotatable bonds is 7. The van der Waals surface area contributed by atoms with Crippen molar-refractivity contribution in [3.8, 4) is 28.8 Å². The first-order valence-corrected chi connectivity index (χ1v) is 12.5. The number of nitrogens with one attached hydrogen (secondary N) is 2. The molecule has 204 valence electrons. The summed E-state index contributed by atoms with van der Waals surface area (Å²) in [7, 11) is 3.12. The maximum absolute atomic E-state index is 13.0. The molecule has 2 aromatic carbocycles. The Balaban J connectivity index is 1.36. The molecule has 0 atom stereocenters. The van der Waals surface area contributed by atoms with Crippen molar-refractivity contribution in [2.75, 3.05) is 24.9 Å². The predicted molar refractivity (Wildman–Crippen MR) is 152 cm³/mol. The zero-order chi connectivity index (χ0) is 28.3. The van der Waals surface area contributed by atoms with E-state index in [1.54, 1.807) is 67.7 Å². The van der Waals surface area contributed by atoms with E-state index in [1.807, 2.05) is 18.2 Å². The second-order valence-electron chi connectivity index (χ2n) is 9.89. The van der Waals surface area contributed by atoms with Crippen molar-refractivity contribution in [3.63, 3.8) is 0 Å². The lowest BCUT2D eigenvalue weighted by Gasteiger charge is -2.14. The van der Waals surface area contributed by atoms with Crippen molar-refractivity contribution >= 4 is 28.4 Å². The molecule has 40 heavy (non-hydrogen) atoms. The van der Waals surface area contributed by atoms with Gasteiger partial charge >= 0.3 is 6.03 Å². The van der Waals surface area contributed by atoms with Crippen LogP contribution in [0.15, 0.2) is 73.3 Å². The first-order valence-electron chi connectivity index (χ1n) is 12.5. The number of methoxy groups -OCH3 is 2. The van der Waals surface area contributed by atoms with Crippen molar-refractivity contribution in [2.45, 2.75) is 26.2 Å². The molecule has 0 unspecified atom stereocenters. The number of carbonyl (C=O) groups is 1. The maximum Gasteiger partial charge on any atom is 0.324 e. The molecule has 0 aliphatic heterocycles. The lowest BCUT2D eigenvalue weighted by Crippen LogP contribution is -2.21. The molecule has 0 fully saturated rings. The fourth-order valence-corrected chi connectivity index (χ4v) is 3.99. The van der Waals surface area contributed by atoms with Crippen LogP contribution in [-0.4, -0.2) is 45.0 Å². The van der Waals surface area contributed by atoms with Gasteiger partial charge in [-0.25, -0.2) is 19.4 Å². The maximum atomic E-state index is 13.0. The monoisotopic (exact) mass is 539 g/mol. The molecule has 0 saturated heterocycles. The van der Waals surface area contributed by atoms with Crippen LogP contribution in [0.4, 0.5) is 16.3 Å². The fraction of sp³-hybridized carbons (Fsp3) is 0.207. The molecule has 11 nitrogen and oxygen atoms in total. The molecule has 2 N–H and O–H groups in total. The van der Waals surface area contributed by atoms with E-state index >= 15 is 0 Å². The van der Waals surface area contributed by atoms with Crippen LogP contribution in [0.1, 0.15) is 26.5 Å². The zero-order valence-corrected chi connectivity index (χ0v) is 22.8. The molecule has 0 aliphatic rings. The van der Waals surface area contributed by atoms with Crippen LogP contribution < -0.4 is 24.8 Å². The first-order chi connectivity index (χ1) is 19.2. The van der Waals surface area contributed by atoms with E-state index in [1.165, 1.54) is 6.33 Å². The van der Waals surface area contributed by atoms with Gasteiger partial charge in [-0.15, -0.1) is 0 Å². The Morgan fingerprint density at radius 1 is 0.900 bits per heavy atom. The standard InChI is InChI=1S/C29H29N7O4/c1-29(2,3)25-16-26(36(35-25)19-9-11-30-12-10-19)34-28(37)33-18-7-6-8-20(13-18)40-27-21-14-23(38-4)24(39-5)15-22(21)31-17-32-27/h6-17H,1-5H3,(H2,33,34,37). The molecule has 3 heterocycles. The molecule has 5 rings (SSSR count). The number of anilines is 2. The van der Waals surface area contributed by atoms with E-state index in [9.17, 15) is 4.79 Å². The molecule has 0 saturated carbocycles. The van der Waals surface area contributed by atoms with Gasteiger partial charge in [-0.1, -0.05) is 26.8 Å². The number of ether oxygens (including phenoxy) is 3. The van der Waals surface area contributed by atoms with Gasteiger partial charge in [-0.2, -0.15) is 5.10 Å². The molecular formula is C29H29N7O4. The van der Waals surface area contributed by atoms with Crippen molar-refractivity contribution in [1.82, 2.24) is 24.7 Å². The van der Waals surface area contributed by atoms with Gasteiger partial charge in [0.15, 0.2) is 11.5 Å². The number of carbonyl (C=O) groups excluding carboxylic acids is 1. The highest BCUT2D eigenvalue weighted by atomic mass is 16.5. The van der Waals surface area contributed by atoms with Gasteiger partial charge in [0.2, 0.25) is 5.88 Å². The second-order valence-corrected chi connectivity index (χ2v) is 9.89. The minimum Gasteiger partial charge on any atom is -0.493 e. The second kappa shape index (κ2) is 10.9. The summed E-state index contributed by atoms with van der Waals surface area (Å²) in [6.45, 7) is 6.19. The van der Waals surface area contributed by atoms with Gasteiger partial charge in [0.25, 0.3) is 0 Å². The Hall–Kier alpha value is -5.19. The van der Waals surface area contributed by atoms with Crippen molar-refractivity contribution < 1.29 is 19.0 Å². The molecule has 11 heteroatoms. The van der Waals surface area contributed by atoms with E-state index in [4.69, 9.17) is 19.3 Å². The Labute approximate surface area is 231 Å². The molecule has 3 aromatic heterocycles. The summed E-state index contributed by atoms with van der Waals surface area (Å²) in [5.41, 5.74) is 2.57. The largest absolute Gasteiger partial charge is 0.493 e. The Morgan fingerprint density at radius 2 is 1.65 bits per heavy atom. The average molecular weight is 540 g/mol. The molecule has 5 aromatic rings. The first kappa shape index (κ1) is 26.4. The summed E-state index contributed by atoms with van der Waals surface area (Å²) in [5.74, 6) is 2.42. The van der Waals surface area contributed by atoms with Crippen LogP contribution >= 0.6 is 0 Å². The topological polar surface area (TPSA) is 125 Å². The number of benzene rings is 2. The quantitative estimate of drug-likeness (QED) is 0.259. The van der Waals surface area contributed by atoms with Crippen LogP contribution in [-0.2, 0) is 5.41 Å². The van der Waals surface area contributed by atoms with E-state index in [2.05, 4.69) is 46.4 Å². The van der Waals surface area contributed by atoms with Crippen LogP contribution in [0.25, 0.3) is 16.6 Å². The van der Waals surface area contributed by atoms with Gasteiger partial charge in [0.1, 0.15) is 17.9 Å². The molecule has 0 aliphatic carbocycles. The minimum atomic E-state index is -0.433. The number of fused-ring (bicyclic) bond motifs is 1. The van der Waals surface area contributed by atoms with Crippen LogP contribution in [0.2, 0.25) is 0 Å². The lowest BCUT2D eigenvalue weighted by atomic mass is 9.92. The van der Waals surface area contributed by atoms with Crippen molar-refractivity contribution in [2.24, 2.45) is 0 Å². The molecular weight excluding hydrogens is 510 g/mol. The van der Waals surface area contributed by atoms with Crippen molar-refractivity contribution in [1.29, 1.82) is 0 Å². The summed E-state index contributed by atoms with van der Waals surface area (Å²) >= 11 is 0. The number of nitrogens with zero attached hydrogens (tertiary/aromatic N) is 5. The third-order valence-electron chi connectivity index (χ3n) is 6.04. The number of pyridine rings is 1. The number of amides is 2. The van der Waals surface area contributed by atoms with E-state index < -0.39 is 6.03 Å². The summed E-state index contributed by atoms with van der Waals surface area (Å²) in [4.78, 5) is 25.7. The molecule has 0 bridgehead atoms. The van der Waals surface area contributed by atoms with Gasteiger partial charge in [0, 0.05) is 41.7 Å². The summed E-state index contributed by atoms with van der Waals surface area (Å²) in [6, 6.07) is 15.6. The summed E-state index contributed by atoms with van der Waals surface area (Å²) in [6.07, 6.45) is 4.77. The highest BCUT2D eigenvalue weighted by Crippen LogP contribution is 2.36. The third-order valence-corrected chi connectivity index (χ3v) is 6.04. The molecule has 0 spiro atoms. The zero-order valence-electron chi connectivity index (χ0n) is 22.8. The molecule has 0 radical (unpaired) electrons. The predicted octanol–water partition coefficient (Wildman–Crippen LogP) is 5.96. The van der Waals surface area contributed by atoms with Crippen molar-refractivity contribution in [3.05, 3.63) is 79.0 Å². The van der Waals surface area contributed by atoms with E-state index in [0.29, 0.717) is 45.5 Å². The number of hydrogen-bond acceptors (Lipinski definition) is 8. The van der Waals surface area contributed by atoms with Gasteiger partial charge < -0.3 is 19.5 Å². The summed E-state index contributed by atoms with van der Waals surface area (Å²) in [5, 5.41) is 11.1.